The highest BCUT2D eigenvalue weighted by Gasteiger charge is 2.31. The number of nitrogens with zero attached hydrogens (tertiary/aromatic N) is 4. The summed E-state index contributed by atoms with van der Waals surface area (Å²) >= 11 is 2.00. The summed E-state index contributed by atoms with van der Waals surface area (Å²) < 4.78 is 11.2. The van der Waals surface area contributed by atoms with E-state index in [2.05, 4.69) is 46.2 Å². The highest BCUT2D eigenvalue weighted by atomic mass is 127. The van der Waals surface area contributed by atoms with Crippen molar-refractivity contribution >= 4 is 45.4 Å². The molecule has 6 nitrogen and oxygen atoms in total. The number of para-hydroxylation sites is 1. The van der Waals surface area contributed by atoms with Gasteiger partial charge in [0.15, 0.2) is 23.0 Å². The number of aromatic nitrogens is 2. The summed E-state index contributed by atoms with van der Waals surface area (Å²) in [4.78, 5) is 15.1. The maximum absolute atomic E-state index is 5.62. The Kier molecular flexibility index (Phi) is 6.24. The molecule has 1 atom stereocenters. The van der Waals surface area contributed by atoms with Crippen molar-refractivity contribution in [2.24, 2.45) is 0 Å². The second-order valence-electron chi connectivity index (χ2n) is 9.85. The van der Waals surface area contributed by atoms with E-state index in [1.165, 1.54) is 29.5 Å². The van der Waals surface area contributed by atoms with Gasteiger partial charge in [0.05, 0.1) is 11.6 Å². The normalized spacial score (nSPS) is 21.4. The SMILES string of the molecule is CO[C@H]1CCN(c2ccc3nc(C4CC4)nc(N4CCC(c5ccccc5OI)CC4)c3c2)C1. The summed E-state index contributed by atoms with van der Waals surface area (Å²) in [6.45, 7) is 3.97. The standard InChI is InChI=1S/C27H31IN4O2/c1-33-21-12-15-32(17-21)20-8-9-24-23(16-20)27(30-26(29-24)19-6-7-19)31-13-10-18(11-14-31)22-4-2-3-5-25(22)34-28/h2-5,8-9,16,18-19,21H,6-7,10-15,17H2,1H3/t21-/m0/s1. The van der Waals surface area contributed by atoms with E-state index >= 15 is 0 Å². The van der Waals surface area contributed by atoms with Gasteiger partial charge in [-0.25, -0.2) is 9.97 Å². The summed E-state index contributed by atoms with van der Waals surface area (Å²) in [6.07, 6.45) is 6.02. The topological polar surface area (TPSA) is 50.7 Å². The van der Waals surface area contributed by atoms with Gasteiger partial charge in [-0.2, -0.15) is 0 Å². The van der Waals surface area contributed by atoms with Crippen LogP contribution in [0.3, 0.4) is 0 Å². The monoisotopic (exact) mass is 570 g/mol. The molecule has 6 rings (SSSR count). The Morgan fingerprint density at radius 2 is 1.68 bits per heavy atom. The molecule has 0 radical (unpaired) electrons. The number of anilines is 2. The second kappa shape index (κ2) is 9.49. The number of methoxy groups -OCH3 is 1. The predicted octanol–water partition coefficient (Wildman–Crippen LogP) is 5.85. The quantitative estimate of drug-likeness (QED) is 0.347. The first-order valence-electron chi connectivity index (χ1n) is 12.5. The van der Waals surface area contributed by atoms with Crippen molar-refractivity contribution < 1.29 is 7.80 Å². The molecule has 2 aliphatic heterocycles. The molecule has 7 heteroatoms. The molecule has 0 bridgehead atoms. The fraction of sp³-hybridized carbons (Fsp3) is 0.481. The first-order chi connectivity index (χ1) is 16.7. The van der Waals surface area contributed by atoms with Gasteiger partial charge in [0, 0.05) is 50.3 Å². The Bertz CT molecular complexity index is 1180. The maximum atomic E-state index is 5.62. The van der Waals surface area contributed by atoms with Gasteiger partial charge in [0.2, 0.25) is 0 Å². The Hall–Kier alpha value is -2.13. The van der Waals surface area contributed by atoms with Crippen LogP contribution in [0.1, 0.15) is 55.3 Å². The van der Waals surface area contributed by atoms with Crippen LogP contribution in [-0.2, 0) is 4.74 Å². The average molecular weight is 570 g/mol. The minimum atomic E-state index is 0.317. The largest absolute Gasteiger partial charge is 0.427 e. The van der Waals surface area contributed by atoms with Crippen LogP contribution in [0.5, 0.6) is 5.75 Å². The van der Waals surface area contributed by atoms with E-state index in [-0.39, 0.29) is 0 Å². The molecule has 0 unspecified atom stereocenters. The average Bonchev–Trinajstić information content (AvgIpc) is 3.64. The van der Waals surface area contributed by atoms with Gasteiger partial charge >= 0.3 is 0 Å². The van der Waals surface area contributed by atoms with Crippen molar-refractivity contribution in [3.8, 4) is 5.75 Å². The predicted molar refractivity (Wildman–Crippen MR) is 144 cm³/mol. The molecule has 3 aliphatic rings. The van der Waals surface area contributed by atoms with Gasteiger partial charge in [-0.3, -0.25) is 0 Å². The van der Waals surface area contributed by atoms with Crippen LogP contribution in [0.25, 0.3) is 10.9 Å². The van der Waals surface area contributed by atoms with Crippen molar-refractivity contribution in [3.63, 3.8) is 0 Å². The molecule has 1 aliphatic carbocycles. The van der Waals surface area contributed by atoms with E-state index in [0.29, 0.717) is 17.9 Å². The van der Waals surface area contributed by atoms with Crippen LogP contribution in [0.15, 0.2) is 42.5 Å². The van der Waals surface area contributed by atoms with E-state index in [4.69, 9.17) is 17.8 Å². The molecule has 3 heterocycles. The minimum Gasteiger partial charge on any atom is -0.427 e. The van der Waals surface area contributed by atoms with E-state index < -0.39 is 0 Å². The number of fused-ring (bicyclic) bond motifs is 1. The molecule has 0 N–H and O–H groups in total. The maximum Gasteiger partial charge on any atom is 0.192 e. The van der Waals surface area contributed by atoms with E-state index in [1.807, 2.05) is 36.2 Å². The zero-order chi connectivity index (χ0) is 23.1. The Balaban J connectivity index is 1.30. The van der Waals surface area contributed by atoms with Crippen LogP contribution >= 0.6 is 23.0 Å². The smallest absolute Gasteiger partial charge is 0.192 e. The zero-order valence-corrected chi connectivity index (χ0v) is 21.8. The highest BCUT2D eigenvalue weighted by Crippen LogP contribution is 2.42. The summed E-state index contributed by atoms with van der Waals surface area (Å²) in [5.41, 5.74) is 3.65. The molecule has 34 heavy (non-hydrogen) atoms. The molecular formula is C27H31IN4O2. The Morgan fingerprint density at radius 1 is 0.882 bits per heavy atom. The molecule has 3 aromatic rings. The van der Waals surface area contributed by atoms with Gasteiger partial charge < -0.3 is 17.6 Å². The van der Waals surface area contributed by atoms with Crippen LogP contribution in [0.4, 0.5) is 11.5 Å². The summed E-state index contributed by atoms with van der Waals surface area (Å²) in [5.74, 6) is 4.20. The lowest BCUT2D eigenvalue weighted by Crippen LogP contribution is -2.34. The van der Waals surface area contributed by atoms with Crippen LogP contribution in [0.2, 0.25) is 0 Å². The Morgan fingerprint density at radius 3 is 2.41 bits per heavy atom. The van der Waals surface area contributed by atoms with Crippen molar-refractivity contribution in [1.29, 1.82) is 0 Å². The molecule has 2 saturated heterocycles. The van der Waals surface area contributed by atoms with Gasteiger partial charge in [0.25, 0.3) is 0 Å². The van der Waals surface area contributed by atoms with Gasteiger partial charge in [-0.15, -0.1) is 0 Å². The molecule has 3 fully saturated rings. The number of piperidine rings is 1. The highest BCUT2D eigenvalue weighted by molar-refractivity contribution is 14.1. The summed E-state index contributed by atoms with van der Waals surface area (Å²) in [6, 6.07) is 15.2. The third-order valence-corrected chi connectivity index (χ3v) is 8.17. The van der Waals surface area contributed by atoms with E-state index in [1.54, 1.807) is 0 Å². The van der Waals surface area contributed by atoms with Gasteiger partial charge in [-0.1, -0.05) is 18.2 Å². The fourth-order valence-corrected chi connectivity index (χ4v) is 5.93. The van der Waals surface area contributed by atoms with Crippen LogP contribution in [-0.4, -0.2) is 49.4 Å². The molecule has 0 amide bonds. The van der Waals surface area contributed by atoms with Crippen molar-refractivity contribution in [2.75, 3.05) is 43.1 Å². The number of hydrogen-bond donors (Lipinski definition) is 0. The fourth-order valence-electron chi connectivity index (χ4n) is 5.53. The Labute approximate surface area is 215 Å². The number of ether oxygens (including phenoxy) is 1. The van der Waals surface area contributed by atoms with Gasteiger partial charge in [-0.05, 0) is 67.9 Å². The third-order valence-electron chi connectivity index (χ3n) is 7.70. The summed E-state index contributed by atoms with van der Waals surface area (Å²) in [7, 11) is 1.81. The summed E-state index contributed by atoms with van der Waals surface area (Å²) in [5, 5.41) is 1.18. The van der Waals surface area contributed by atoms with Crippen molar-refractivity contribution in [2.45, 2.75) is 50.0 Å². The van der Waals surface area contributed by atoms with E-state index in [9.17, 15) is 0 Å². The minimum absolute atomic E-state index is 0.317. The number of hydrogen-bond acceptors (Lipinski definition) is 6. The zero-order valence-electron chi connectivity index (χ0n) is 19.6. The molecule has 2 aromatic carbocycles. The number of halogens is 1. The number of rotatable bonds is 6. The van der Waals surface area contributed by atoms with Crippen molar-refractivity contribution in [1.82, 2.24) is 9.97 Å². The lowest BCUT2D eigenvalue weighted by Gasteiger charge is -2.34. The van der Waals surface area contributed by atoms with Crippen molar-refractivity contribution in [3.05, 3.63) is 53.9 Å². The van der Waals surface area contributed by atoms with E-state index in [0.717, 1.165) is 68.3 Å². The molecule has 1 aromatic heterocycles. The second-order valence-corrected chi connectivity index (χ2v) is 10.3. The lowest BCUT2D eigenvalue weighted by molar-refractivity contribution is 0.121. The molecule has 178 valence electrons. The molecular weight excluding hydrogens is 539 g/mol. The third kappa shape index (κ3) is 4.33. The first-order valence-corrected chi connectivity index (χ1v) is 13.3. The lowest BCUT2D eigenvalue weighted by atomic mass is 9.89. The molecule has 0 spiro atoms. The van der Waals surface area contributed by atoms with Gasteiger partial charge in [0.1, 0.15) is 17.4 Å². The first kappa shape index (κ1) is 22.3. The molecule has 1 saturated carbocycles. The van der Waals surface area contributed by atoms with Crippen LogP contribution < -0.4 is 12.9 Å². The number of benzene rings is 2. The van der Waals surface area contributed by atoms with Crippen LogP contribution in [0, 0.1) is 0 Å².